The molecule has 12 heteroatoms. The molecular formula is C15H9F6NO4S. The molecule has 1 amide bonds. The van der Waals surface area contributed by atoms with Crippen LogP contribution in [-0.4, -0.2) is 26.2 Å². The number of sulfone groups is 1. The highest BCUT2D eigenvalue weighted by molar-refractivity contribution is 7.92. The average Bonchev–Trinajstić information content (AvgIpc) is 2.54. The number of para-hydroxylation sites is 2. The van der Waals surface area contributed by atoms with E-state index in [9.17, 15) is 39.6 Å². The SMILES string of the molecule is O=C(Nc1ccccc1OC(F)(F)F)c1ccc(S(=O)(=O)C(F)(F)F)cc1. The van der Waals surface area contributed by atoms with Crippen molar-refractivity contribution in [3.05, 3.63) is 54.1 Å². The Balaban J connectivity index is 2.24. The smallest absolute Gasteiger partial charge is 0.404 e. The lowest BCUT2D eigenvalue weighted by atomic mass is 10.2. The third-order valence-corrected chi connectivity index (χ3v) is 4.59. The quantitative estimate of drug-likeness (QED) is 0.766. The fourth-order valence-electron chi connectivity index (χ4n) is 1.90. The van der Waals surface area contributed by atoms with Crippen LogP contribution in [0.2, 0.25) is 0 Å². The summed E-state index contributed by atoms with van der Waals surface area (Å²) in [5.41, 5.74) is -6.13. The number of hydrogen-bond acceptors (Lipinski definition) is 4. The molecule has 2 aromatic rings. The van der Waals surface area contributed by atoms with Crippen LogP contribution in [0.4, 0.5) is 32.0 Å². The van der Waals surface area contributed by atoms with E-state index in [1.165, 1.54) is 12.1 Å². The van der Waals surface area contributed by atoms with Crippen molar-refractivity contribution in [2.24, 2.45) is 0 Å². The van der Waals surface area contributed by atoms with E-state index in [1.807, 2.05) is 0 Å². The van der Waals surface area contributed by atoms with E-state index in [0.29, 0.717) is 12.1 Å². The molecule has 0 saturated carbocycles. The van der Waals surface area contributed by atoms with Crippen LogP contribution in [0.3, 0.4) is 0 Å². The molecule has 0 atom stereocenters. The maximum atomic E-state index is 12.5. The molecule has 0 aliphatic carbocycles. The van der Waals surface area contributed by atoms with Crippen molar-refractivity contribution >= 4 is 21.4 Å². The summed E-state index contributed by atoms with van der Waals surface area (Å²) in [5, 5.41) is 2.10. The molecule has 0 bridgehead atoms. The summed E-state index contributed by atoms with van der Waals surface area (Å²) in [6, 6.07) is 7.32. The van der Waals surface area contributed by atoms with Crippen LogP contribution < -0.4 is 10.1 Å². The minimum atomic E-state index is -5.58. The second-order valence-electron chi connectivity index (χ2n) is 4.97. The van der Waals surface area contributed by atoms with Crippen molar-refractivity contribution in [3.8, 4) is 5.75 Å². The fraction of sp³-hybridized carbons (Fsp3) is 0.133. The number of rotatable bonds is 4. The molecule has 0 radical (unpaired) electrons. The Hall–Kier alpha value is -2.76. The van der Waals surface area contributed by atoms with Gasteiger partial charge in [0.25, 0.3) is 15.7 Å². The molecule has 0 unspecified atom stereocenters. The lowest BCUT2D eigenvalue weighted by molar-refractivity contribution is -0.274. The third-order valence-electron chi connectivity index (χ3n) is 3.09. The van der Waals surface area contributed by atoms with Gasteiger partial charge in [-0.25, -0.2) is 8.42 Å². The Morgan fingerprint density at radius 1 is 0.889 bits per heavy atom. The van der Waals surface area contributed by atoms with Gasteiger partial charge in [0.2, 0.25) is 0 Å². The molecule has 27 heavy (non-hydrogen) atoms. The zero-order valence-corrected chi connectivity index (χ0v) is 13.7. The molecule has 0 fully saturated rings. The van der Waals surface area contributed by atoms with E-state index in [4.69, 9.17) is 0 Å². The van der Waals surface area contributed by atoms with Gasteiger partial charge >= 0.3 is 11.9 Å². The number of halogens is 6. The highest BCUT2D eigenvalue weighted by Gasteiger charge is 2.46. The number of amides is 1. The van der Waals surface area contributed by atoms with Crippen LogP contribution in [0.15, 0.2) is 53.4 Å². The molecule has 2 rings (SSSR count). The van der Waals surface area contributed by atoms with Crippen molar-refractivity contribution < 1.29 is 44.3 Å². The number of benzene rings is 2. The predicted octanol–water partition coefficient (Wildman–Crippen LogP) is 4.13. The molecule has 5 nitrogen and oxygen atoms in total. The van der Waals surface area contributed by atoms with Gasteiger partial charge in [0, 0.05) is 5.56 Å². The number of alkyl halides is 6. The largest absolute Gasteiger partial charge is 0.573 e. The summed E-state index contributed by atoms with van der Waals surface area (Å²) in [6.45, 7) is 0. The molecule has 0 spiro atoms. The van der Waals surface area contributed by atoms with Crippen molar-refractivity contribution in [2.45, 2.75) is 16.8 Å². The summed E-state index contributed by atoms with van der Waals surface area (Å²) < 4.78 is 101. The Morgan fingerprint density at radius 2 is 1.44 bits per heavy atom. The third kappa shape index (κ3) is 4.90. The van der Waals surface area contributed by atoms with Crippen molar-refractivity contribution in [1.29, 1.82) is 0 Å². The van der Waals surface area contributed by atoms with Gasteiger partial charge in [-0.2, -0.15) is 13.2 Å². The first-order valence-electron chi connectivity index (χ1n) is 6.89. The first-order chi connectivity index (χ1) is 12.3. The number of carbonyl (C=O) groups excluding carboxylic acids is 1. The summed E-state index contributed by atoms with van der Waals surface area (Å²) in [5.74, 6) is -1.68. The molecule has 0 saturated heterocycles. The highest BCUT2D eigenvalue weighted by atomic mass is 32.2. The van der Waals surface area contributed by atoms with Crippen LogP contribution in [0.5, 0.6) is 5.75 Å². The van der Waals surface area contributed by atoms with E-state index >= 15 is 0 Å². The predicted molar refractivity (Wildman–Crippen MR) is 80.8 cm³/mol. The van der Waals surface area contributed by atoms with Gasteiger partial charge in [-0.05, 0) is 36.4 Å². The van der Waals surface area contributed by atoms with Crippen LogP contribution in [-0.2, 0) is 9.84 Å². The lowest BCUT2D eigenvalue weighted by Crippen LogP contribution is -2.23. The molecule has 0 aromatic heterocycles. The zero-order chi connectivity index (χ0) is 20.5. The van der Waals surface area contributed by atoms with Gasteiger partial charge in [-0.15, -0.1) is 13.2 Å². The van der Waals surface area contributed by atoms with Crippen LogP contribution in [0.25, 0.3) is 0 Å². The van der Waals surface area contributed by atoms with Gasteiger partial charge in [-0.1, -0.05) is 12.1 Å². The Kier molecular flexibility index (Phi) is 5.40. The molecule has 2 aromatic carbocycles. The number of carbonyl (C=O) groups is 1. The Morgan fingerprint density at radius 3 is 1.96 bits per heavy atom. The molecule has 146 valence electrons. The minimum absolute atomic E-state index is 0.280. The fourth-order valence-corrected chi connectivity index (χ4v) is 2.66. The lowest BCUT2D eigenvalue weighted by Gasteiger charge is -2.14. The van der Waals surface area contributed by atoms with Crippen molar-refractivity contribution in [3.63, 3.8) is 0 Å². The zero-order valence-electron chi connectivity index (χ0n) is 12.9. The topological polar surface area (TPSA) is 72.5 Å². The van der Waals surface area contributed by atoms with E-state index in [0.717, 1.165) is 24.3 Å². The molecule has 1 N–H and O–H groups in total. The van der Waals surface area contributed by atoms with Gasteiger partial charge in [0.05, 0.1) is 10.6 Å². The maximum absolute atomic E-state index is 12.5. The molecule has 0 aliphatic rings. The monoisotopic (exact) mass is 413 g/mol. The van der Waals surface area contributed by atoms with Crippen LogP contribution >= 0.6 is 0 Å². The second kappa shape index (κ2) is 7.10. The summed E-state index contributed by atoms with van der Waals surface area (Å²) >= 11 is 0. The van der Waals surface area contributed by atoms with E-state index in [1.54, 1.807) is 0 Å². The van der Waals surface area contributed by atoms with Crippen LogP contribution in [0, 0.1) is 0 Å². The summed E-state index contributed by atoms with van der Waals surface area (Å²) in [4.78, 5) is 11.0. The molecule has 0 heterocycles. The van der Waals surface area contributed by atoms with Crippen molar-refractivity contribution in [1.82, 2.24) is 0 Å². The summed E-state index contributed by atoms with van der Waals surface area (Å²) in [6.07, 6.45) is -5.01. The Bertz CT molecular complexity index is 936. The second-order valence-corrected chi connectivity index (χ2v) is 6.91. The number of ether oxygens (including phenoxy) is 1. The standard InChI is InChI=1S/C15H9F6NO4S/c16-14(17,18)26-12-4-2-1-3-11(12)22-13(23)9-5-7-10(8-6-9)27(24,25)15(19,20)21/h1-8H,(H,22,23). The van der Waals surface area contributed by atoms with Crippen molar-refractivity contribution in [2.75, 3.05) is 5.32 Å². The van der Waals surface area contributed by atoms with E-state index in [2.05, 4.69) is 10.1 Å². The van der Waals surface area contributed by atoms with Gasteiger partial charge in [0.15, 0.2) is 5.75 Å². The first-order valence-corrected chi connectivity index (χ1v) is 8.37. The highest BCUT2D eigenvalue weighted by Crippen LogP contribution is 2.31. The Labute approximate surface area is 148 Å². The number of anilines is 1. The molecular weight excluding hydrogens is 404 g/mol. The summed E-state index contributed by atoms with van der Waals surface area (Å²) in [7, 11) is -5.58. The average molecular weight is 413 g/mol. The first kappa shape index (κ1) is 20.6. The normalized spacial score (nSPS) is 12.5. The minimum Gasteiger partial charge on any atom is -0.404 e. The van der Waals surface area contributed by atoms with Gasteiger partial charge < -0.3 is 10.1 Å². The molecule has 0 aliphatic heterocycles. The van der Waals surface area contributed by atoms with E-state index in [-0.39, 0.29) is 11.3 Å². The van der Waals surface area contributed by atoms with E-state index < -0.39 is 38.3 Å². The van der Waals surface area contributed by atoms with Gasteiger partial charge in [0.1, 0.15) is 0 Å². The van der Waals surface area contributed by atoms with Crippen LogP contribution in [0.1, 0.15) is 10.4 Å². The van der Waals surface area contributed by atoms with Gasteiger partial charge in [-0.3, -0.25) is 4.79 Å². The number of nitrogens with one attached hydrogen (secondary N) is 1. The maximum Gasteiger partial charge on any atom is 0.573 e. The number of hydrogen-bond donors (Lipinski definition) is 1.